The molecular formula is C18H15N3O5. The number of nitro benzene ring substituents is 1. The SMILES string of the molecule is COc1ccc(C(C)=O)cc1Cn1cnc2cc([N+](=O)[O-])ccc2c1=O. The van der Waals surface area contributed by atoms with Crippen LogP contribution in [-0.2, 0) is 6.54 Å². The minimum Gasteiger partial charge on any atom is -0.496 e. The van der Waals surface area contributed by atoms with Gasteiger partial charge in [-0.3, -0.25) is 24.3 Å². The molecule has 132 valence electrons. The molecule has 0 saturated carbocycles. The van der Waals surface area contributed by atoms with E-state index >= 15 is 0 Å². The van der Waals surface area contributed by atoms with Crippen LogP contribution in [0.15, 0.2) is 47.5 Å². The summed E-state index contributed by atoms with van der Waals surface area (Å²) in [6, 6.07) is 8.93. The average Bonchev–Trinajstić information content (AvgIpc) is 2.63. The van der Waals surface area contributed by atoms with E-state index in [1.54, 1.807) is 18.2 Å². The van der Waals surface area contributed by atoms with Gasteiger partial charge in [-0.15, -0.1) is 0 Å². The first-order chi connectivity index (χ1) is 12.4. The summed E-state index contributed by atoms with van der Waals surface area (Å²) in [6.45, 7) is 1.62. The second kappa shape index (κ2) is 6.75. The third-order valence-electron chi connectivity index (χ3n) is 4.05. The molecule has 0 amide bonds. The first-order valence-electron chi connectivity index (χ1n) is 7.72. The second-order valence-electron chi connectivity index (χ2n) is 5.72. The number of carbonyl (C=O) groups excluding carboxylic acids is 1. The zero-order valence-electron chi connectivity index (χ0n) is 14.1. The Morgan fingerprint density at radius 1 is 1.27 bits per heavy atom. The maximum atomic E-state index is 12.7. The molecule has 8 heteroatoms. The van der Waals surface area contributed by atoms with Gasteiger partial charge in [0.1, 0.15) is 5.75 Å². The number of fused-ring (bicyclic) bond motifs is 1. The summed E-state index contributed by atoms with van der Waals surface area (Å²) in [5, 5.41) is 11.1. The maximum absolute atomic E-state index is 12.7. The predicted molar refractivity (Wildman–Crippen MR) is 94.8 cm³/mol. The van der Waals surface area contributed by atoms with Crippen LogP contribution >= 0.6 is 0 Å². The van der Waals surface area contributed by atoms with E-state index in [-0.39, 0.29) is 34.5 Å². The average molecular weight is 353 g/mol. The summed E-state index contributed by atoms with van der Waals surface area (Å²) < 4.78 is 6.67. The lowest BCUT2D eigenvalue weighted by atomic mass is 10.1. The van der Waals surface area contributed by atoms with Crippen molar-refractivity contribution in [3.8, 4) is 5.75 Å². The molecule has 3 aromatic rings. The first kappa shape index (κ1) is 17.3. The van der Waals surface area contributed by atoms with Crippen molar-refractivity contribution >= 4 is 22.4 Å². The van der Waals surface area contributed by atoms with Crippen LogP contribution in [-0.4, -0.2) is 27.4 Å². The number of nitro groups is 1. The van der Waals surface area contributed by atoms with Crippen molar-refractivity contribution in [2.75, 3.05) is 7.11 Å². The number of nitrogens with zero attached hydrogens (tertiary/aromatic N) is 3. The molecular weight excluding hydrogens is 338 g/mol. The molecule has 0 spiro atoms. The van der Waals surface area contributed by atoms with Crippen LogP contribution in [0.5, 0.6) is 5.75 Å². The molecule has 8 nitrogen and oxygen atoms in total. The molecule has 0 saturated heterocycles. The Bertz CT molecular complexity index is 1090. The van der Waals surface area contributed by atoms with Crippen molar-refractivity contribution in [1.29, 1.82) is 0 Å². The Morgan fingerprint density at radius 2 is 2.04 bits per heavy atom. The van der Waals surface area contributed by atoms with Gasteiger partial charge in [-0.05, 0) is 31.2 Å². The number of Topliss-reactive ketones (excluding diaryl/α,β-unsaturated/α-hetero) is 1. The van der Waals surface area contributed by atoms with E-state index in [2.05, 4.69) is 4.98 Å². The Kier molecular flexibility index (Phi) is 4.49. The maximum Gasteiger partial charge on any atom is 0.271 e. The van der Waals surface area contributed by atoms with Gasteiger partial charge < -0.3 is 4.74 Å². The summed E-state index contributed by atoms with van der Waals surface area (Å²) in [5.41, 5.74) is 0.964. The number of methoxy groups -OCH3 is 1. The van der Waals surface area contributed by atoms with E-state index in [0.29, 0.717) is 16.9 Å². The number of ether oxygens (including phenoxy) is 1. The van der Waals surface area contributed by atoms with Crippen LogP contribution in [0.4, 0.5) is 5.69 Å². The number of hydrogen-bond acceptors (Lipinski definition) is 6. The minimum absolute atomic E-state index is 0.0924. The van der Waals surface area contributed by atoms with E-state index in [1.165, 1.54) is 43.1 Å². The molecule has 0 bridgehead atoms. The van der Waals surface area contributed by atoms with Gasteiger partial charge in [0.15, 0.2) is 5.78 Å². The van der Waals surface area contributed by atoms with Gasteiger partial charge in [0.25, 0.3) is 11.2 Å². The van der Waals surface area contributed by atoms with E-state index in [9.17, 15) is 19.7 Å². The van der Waals surface area contributed by atoms with Gasteiger partial charge >= 0.3 is 0 Å². The second-order valence-corrected chi connectivity index (χ2v) is 5.72. The number of rotatable bonds is 5. The number of carbonyl (C=O) groups is 1. The molecule has 0 fully saturated rings. The van der Waals surface area contributed by atoms with E-state index in [0.717, 1.165) is 0 Å². The molecule has 0 N–H and O–H groups in total. The Morgan fingerprint density at radius 3 is 2.69 bits per heavy atom. The van der Waals surface area contributed by atoms with Crippen LogP contribution < -0.4 is 10.3 Å². The van der Waals surface area contributed by atoms with Gasteiger partial charge in [0, 0.05) is 23.3 Å². The zero-order chi connectivity index (χ0) is 18.8. The fourth-order valence-electron chi connectivity index (χ4n) is 2.68. The fraction of sp³-hybridized carbons (Fsp3) is 0.167. The molecule has 0 atom stereocenters. The molecule has 0 radical (unpaired) electrons. The summed E-state index contributed by atoms with van der Waals surface area (Å²) in [4.78, 5) is 38.7. The monoisotopic (exact) mass is 353 g/mol. The summed E-state index contributed by atoms with van der Waals surface area (Å²) in [7, 11) is 1.51. The van der Waals surface area contributed by atoms with E-state index in [1.807, 2.05) is 0 Å². The van der Waals surface area contributed by atoms with Gasteiger partial charge in [-0.25, -0.2) is 4.98 Å². The molecule has 0 aliphatic carbocycles. The summed E-state index contributed by atoms with van der Waals surface area (Å²) in [6.07, 6.45) is 1.33. The van der Waals surface area contributed by atoms with Crippen molar-refractivity contribution < 1.29 is 14.5 Å². The lowest BCUT2D eigenvalue weighted by Crippen LogP contribution is -2.21. The van der Waals surface area contributed by atoms with Crippen molar-refractivity contribution in [3.63, 3.8) is 0 Å². The molecule has 26 heavy (non-hydrogen) atoms. The highest BCUT2D eigenvalue weighted by atomic mass is 16.6. The number of ketones is 1. The van der Waals surface area contributed by atoms with Crippen LogP contribution in [0.25, 0.3) is 10.9 Å². The summed E-state index contributed by atoms with van der Waals surface area (Å²) in [5.74, 6) is 0.455. The number of benzene rings is 2. The predicted octanol–water partition coefficient (Wildman–Crippen LogP) is 2.56. The highest BCUT2D eigenvalue weighted by Crippen LogP contribution is 2.22. The van der Waals surface area contributed by atoms with Crippen LogP contribution in [0.1, 0.15) is 22.8 Å². The quantitative estimate of drug-likeness (QED) is 0.397. The van der Waals surface area contributed by atoms with Crippen molar-refractivity contribution in [2.24, 2.45) is 0 Å². The molecule has 1 heterocycles. The summed E-state index contributed by atoms with van der Waals surface area (Å²) >= 11 is 0. The Hall–Kier alpha value is -3.55. The third-order valence-corrected chi connectivity index (χ3v) is 4.05. The van der Waals surface area contributed by atoms with Crippen molar-refractivity contribution in [3.05, 3.63) is 74.3 Å². The molecule has 0 aliphatic rings. The highest BCUT2D eigenvalue weighted by molar-refractivity contribution is 5.94. The van der Waals surface area contributed by atoms with Gasteiger partial charge in [0.05, 0.1) is 35.8 Å². The number of hydrogen-bond donors (Lipinski definition) is 0. The molecule has 0 aliphatic heterocycles. The number of non-ortho nitro benzene ring substituents is 1. The van der Waals surface area contributed by atoms with Crippen molar-refractivity contribution in [1.82, 2.24) is 9.55 Å². The first-order valence-corrected chi connectivity index (χ1v) is 7.72. The van der Waals surface area contributed by atoms with Gasteiger partial charge in [0.2, 0.25) is 0 Å². The van der Waals surface area contributed by atoms with Crippen LogP contribution in [0.2, 0.25) is 0 Å². The normalized spacial score (nSPS) is 10.7. The number of aromatic nitrogens is 2. The smallest absolute Gasteiger partial charge is 0.271 e. The lowest BCUT2D eigenvalue weighted by molar-refractivity contribution is -0.384. The van der Waals surface area contributed by atoms with E-state index < -0.39 is 4.92 Å². The standard InChI is InChI=1S/C18H15N3O5/c1-11(22)12-3-6-17(26-2)13(7-12)9-20-10-19-16-8-14(21(24)25)4-5-15(16)18(20)23/h3-8,10H,9H2,1-2H3. The Labute approximate surface area is 147 Å². The topological polar surface area (TPSA) is 104 Å². The fourth-order valence-corrected chi connectivity index (χ4v) is 2.68. The molecule has 1 aromatic heterocycles. The zero-order valence-corrected chi connectivity index (χ0v) is 14.1. The molecule has 3 rings (SSSR count). The Balaban J connectivity index is 2.07. The highest BCUT2D eigenvalue weighted by Gasteiger charge is 2.13. The molecule has 0 unspecified atom stereocenters. The van der Waals surface area contributed by atoms with Gasteiger partial charge in [-0.1, -0.05) is 0 Å². The van der Waals surface area contributed by atoms with Crippen molar-refractivity contribution in [2.45, 2.75) is 13.5 Å². The van der Waals surface area contributed by atoms with Gasteiger partial charge in [-0.2, -0.15) is 0 Å². The minimum atomic E-state index is -0.537. The van der Waals surface area contributed by atoms with E-state index in [4.69, 9.17) is 4.74 Å². The van der Waals surface area contributed by atoms with Crippen LogP contribution in [0.3, 0.4) is 0 Å². The third kappa shape index (κ3) is 3.16. The largest absolute Gasteiger partial charge is 0.496 e. The van der Waals surface area contributed by atoms with Crippen LogP contribution in [0, 0.1) is 10.1 Å². The molecule has 2 aromatic carbocycles. The lowest BCUT2D eigenvalue weighted by Gasteiger charge is -2.12.